The number of carbonyl (C=O) groups excluding carboxylic acids is 1. The van der Waals surface area contributed by atoms with Gasteiger partial charge in [-0.05, 0) is 43.5 Å². The van der Waals surface area contributed by atoms with Gasteiger partial charge in [-0.15, -0.1) is 0 Å². The minimum atomic E-state index is -3.45. The van der Waals surface area contributed by atoms with Gasteiger partial charge in [0.05, 0.1) is 5.75 Å². The van der Waals surface area contributed by atoms with Crippen LogP contribution in [0.15, 0.2) is 18.2 Å². The third-order valence-corrected chi connectivity index (χ3v) is 5.96. The maximum Gasteiger partial charge on any atom is 0.242 e. The topological polar surface area (TPSA) is 89.3 Å². The van der Waals surface area contributed by atoms with Crippen molar-refractivity contribution in [2.45, 2.75) is 39.4 Å². The van der Waals surface area contributed by atoms with Gasteiger partial charge in [0, 0.05) is 11.4 Å². The van der Waals surface area contributed by atoms with Crippen molar-refractivity contribution >= 4 is 27.1 Å². The van der Waals surface area contributed by atoms with Gasteiger partial charge >= 0.3 is 0 Å². The van der Waals surface area contributed by atoms with Crippen LogP contribution in [0, 0.1) is 12.8 Å². The van der Waals surface area contributed by atoms with Crippen LogP contribution in [0.1, 0.15) is 32.8 Å². The number of sulfone groups is 1. The first kappa shape index (κ1) is 17.5. The Morgan fingerprint density at radius 2 is 1.95 bits per heavy atom. The number of benzene rings is 1. The summed E-state index contributed by atoms with van der Waals surface area (Å²) in [5.41, 5.74) is 7.63. The molecule has 1 amide bonds. The highest BCUT2D eigenvalue weighted by molar-refractivity contribution is 7.92. The van der Waals surface area contributed by atoms with E-state index in [1.807, 2.05) is 20.8 Å². The van der Waals surface area contributed by atoms with E-state index in [0.29, 0.717) is 11.4 Å². The summed E-state index contributed by atoms with van der Waals surface area (Å²) in [6, 6.07) is 5.07. The SMILES string of the molecule is CCC(C)CS(=O)(=O)C(C)C(=O)Nc1ccc(N)cc1C. The Balaban J connectivity index is 2.83. The summed E-state index contributed by atoms with van der Waals surface area (Å²) in [5, 5.41) is 1.59. The highest BCUT2D eigenvalue weighted by atomic mass is 32.2. The number of anilines is 2. The Morgan fingerprint density at radius 3 is 2.48 bits per heavy atom. The largest absolute Gasteiger partial charge is 0.399 e. The lowest BCUT2D eigenvalue weighted by Crippen LogP contribution is -2.35. The second-order valence-electron chi connectivity index (χ2n) is 5.55. The van der Waals surface area contributed by atoms with Crippen LogP contribution in [0.5, 0.6) is 0 Å². The molecule has 0 fully saturated rings. The second-order valence-corrected chi connectivity index (χ2v) is 7.91. The van der Waals surface area contributed by atoms with E-state index in [2.05, 4.69) is 5.32 Å². The van der Waals surface area contributed by atoms with Crippen molar-refractivity contribution in [3.05, 3.63) is 23.8 Å². The molecule has 1 rings (SSSR count). The van der Waals surface area contributed by atoms with Crippen LogP contribution >= 0.6 is 0 Å². The van der Waals surface area contributed by atoms with Crippen molar-refractivity contribution in [1.29, 1.82) is 0 Å². The van der Waals surface area contributed by atoms with E-state index < -0.39 is 21.0 Å². The fraction of sp³-hybridized carbons (Fsp3) is 0.533. The molecule has 118 valence electrons. The number of aryl methyl sites for hydroxylation is 1. The lowest BCUT2D eigenvalue weighted by Gasteiger charge is -2.16. The van der Waals surface area contributed by atoms with Gasteiger partial charge in [-0.1, -0.05) is 20.3 Å². The summed E-state index contributed by atoms with van der Waals surface area (Å²) < 4.78 is 24.4. The summed E-state index contributed by atoms with van der Waals surface area (Å²) in [5.74, 6) is -0.437. The van der Waals surface area contributed by atoms with E-state index in [1.54, 1.807) is 18.2 Å². The molecule has 0 saturated heterocycles. The molecule has 0 aliphatic heterocycles. The number of nitrogens with one attached hydrogen (secondary N) is 1. The molecule has 0 aliphatic carbocycles. The van der Waals surface area contributed by atoms with E-state index >= 15 is 0 Å². The van der Waals surface area contributed by atoms with E-state index in [0.717, 1.165) is 12.0 Å². The van der Waals surface area contributed by atoms with E-state index in [1.165, 1.54) is 6.92 Å². The van der Waals surface area contributed by atoms with E-state index in [4.69, 9.17) is 5.73 Å². The molecule has 2 atom stereocenters. The Kier molecular flexibility index (Phi) is 5.78. The molecule has 1 aromatic rings. The molecule has 0 aliphatic rings. The summed E-state index contributed by atoms with van der Waals surface area (Å²) in [4.78, 5) is 12.1. The van der Waals surface area contributed by atoms with Crippen LogP contribution < -0.4 is 11.1 Å². The maximum atomic E-state index is 12.2. The zero-order valence-electron chi connectivity index (χ0n) is 13.0. The van der Waals surface area contributed by atoms with Crippen LogP contribution in [-0.4, -0.2) is 25.3 Å². The number of amides is 1. The Morgan fingerprint density at radius 1 is 1.33 bits per heavy atom. The van der Waals surface area contributed by atoms with Gasteiger partial charge in [0.15, 0.2) is 9.84 Å². The molecule has 0 spiro atoms. The highest BCUT2D eigenvalue weighted by Gasteiger charge is 2.29. The first-order valence-corrected chi connectivity index (χ1v) is 8.77. The zero-order chi connectivity index (χ0) is 16.2. The molecule has 0 radical (unpaired) electrons. The third kappa shape index (κ3) is 4.74. The van der Waals surface area contributed by atoms with Crippen molar-refractivity contribution < 1.29 is 13.2 Å². The minimum absolute atomic E-state index is 0.0266. The number of nitrogen functional groups attached to an aromatic ring is 1. The predicted octanol–water partition coefficient (Wildman–Crippen LogP) is 2.37. The van der Waals surface area contributed by atoms with Crippen LogP contribution in [0.4, 0.5) is 11.4 Å². The van der Waals surface area contributed by atoms with E-state index in [9.17, 15) is 13.2 Å². The van der Waals surface area contributed by atoms with Gasteiger partial charge in [-0.3, -0.25) is 4.79 Å². The third-order valence-electron chi connectivity index (χ3n) is 3.63. The van der Waals surface area contributed by atoms with Gasteiger partial charge in [-0.25, -0.2) is 8.42 Å². The quantitative estimate of drug-likeness (QED) is 0.789. The highest BCUT2D eigenvalue weighted by Crippen LogP contribution is 2.19. The minimum Gasteiger partial charge on any atom is -0.399 e. The molecule has 3 N–H and O–H groups in total. The van der Waals surface area contributed by atoms with Crippen LogP contribution in [-0.2, 0) is 14.6 Å². The number of rotatable bonds is 6. The Hall–Kier alpha value is -1.56. The summed E-state index contributed by atoms with van der Waals surface area (Å²) in [6.07, 6.45) is 0.768. The summed E-state index contributed by atoms with van der Waals surface area (Å²) in [6.45, 7) is 7.04. The fourth-order valence-corrected chi connectivity index (χ4v) is 3.59. The predicted molar refractivity (Wildman–Crippen MR) is 86.9 cm³/mol. The molecular formula is C15H24N2O3S. The van der Waals surface area contributed by atoms with Gasteiger partial charge in [0.1, 0.15) is 5.25 Å². The molecule has 5 nitrogen and oxygen atoms in total. The Bertz CT molecular complexity index is 611. The van der Waals surface area contributed by atoms with Crippen molar-refractivity contribution in [2.75, 3.05) is 16.8 Å². The average Bonchev–Trinajstić information content (AvgIpc) is 2.40. The second kappa shape index (κ2) is 6.93. The smallest absolute Gasteiger partial charge is 0.242 e. The first-order valence-electron chi connectivity index (χ1n) is 7.06. The Labute approximate surface area is 126 Å². The molecule has 1 aromatic carbocycles. The molecule has 0 saturated carbocycles. The summed E-state index contributed by atoms with van der Waals surface area (Å²) >= 11 is 0. The molecule has 0 heterocycles. The van der Waals surface area contributed by atoms with Gasteiger partial charge < -0.3 is 11.1 Å². The molecule has 0 bridgehead atoms. The van der Waals surface area contributed by atoms with E-state index in [-0.39, 0.29) is 11.7 Å². The van der Waals surface area contributed by atoms with Gasteiger partial charge in [0.25, 0.3) is 0 Å². The normalized spacial score (nSPS) is 14.5. The lowest BCUT2D eigenvalue weighted by molar-refractivity contribution is -0.115. The average molecular weight is 312 g/mol. The maximum absolute atomic E-state index is 12.2. The number of carbonyl (C=O) groups is 1. The fourth-order valence-electron chi connectivity index (χ4n) is 1.88. The van der Waals surface area contributed by atoms with Crippen molar-refractivity contribution in [3.8, 4) is 0 Å². The standard InChI is InChI=1S/C15H24N2O3S/c1-5-10(2)9-21(19,20)12(4)15(18)17-14-7-6-13(16)8-11(14)3/h6-8,10,12H,5,9,16H2,1-4H3,(H,17,18). The number of nitrogens with two attached hydrogens (primary N) is 1. The van der Waals surface area contributed by atoms with Crippen molar-refractivity contribution in [2.24, 2.45) is 5.92 Å². The number of hydrogen-bond donors (Lipinski definition) is 2. The van der Waals surface area contributed by atoms with Crippen molar-refractivity contribution in [3.63, 3.8) is 0 Å². The monoisotopic (exact) mass is 312 g/mol. The van der Waals surface area contributed by atoms with Crippen LogP contribution in [0.2, 0.25) is 0 Å². The van der Waals surface area contributed by atoms with Gasteiger partial charge in [0.2, 0.25) is 5.91 Å². The first-order chi connectivity index (χ1) is 9.67. The lowest BCUT2D eigenvalue weighted by atomic mass is 10.2. The summed E-state index contributed by atoms with van der Waals surface area (Å²) in [7, 11) is -3.45. The zero-order valence-corrected chi connectivity index (χ0v) is 13.8. The van der Waals surface area contributed by atoms with Crippen LogP contribution in [0.25, 0.3) is 0 Å². The molecular weight excluding hydrogens is 288 g/mol. The molecule has 21 heavy (non-hydrogen) atoms. The molecule has 0 aromatic heterocycles. The molecule has 2 unspecified atom stereocenters. The molecule has 6 heteroatoms. The van der Waals surface area contributed by atoms with Crippen molar-refractivity contribution in [1.82, 2.24) is 0 Å². The van der Waals surface area contributed by atoms with Crippen LogP contribution in [0.3, 0.4) is 0 Å². The number of hydrogen-bond acceptors (Lipinski definition) is 4. The van der Waals surface area contributed by atoms with Gasteiger partial charge in [-0.2, -0.15) is 0 Å².